The number of hydrogen-bond donors (Lipinski definition) is 0. The third-order valence-corrected chi connectivity index (χ3v) is 5.63. The molecule has 0 radical (unpaired) electrons. The van der Waals surface area contributed by atoms with Gasteiger partial charge in [-0.3, -0.25) is 4.79 Å². The molecule has 0 aromatic carbocycles. The quantitative estimate of drug-likeness (QED) is 0.728. The number of nitrogens with zero attached hydrogens (tertiary/aromatic N) is 2. The van der Waals surface area contributed by atoms with E-state index in [4.69, 9.17) is 11.6 Å². The Morgan fingerprint density at radius 2 is 2.35 bits per heavy atom. The molecule has 0 spiro atoms. The Labute approximate surface area is 131 Å². The number of hydrogen-bond acceptors (Lipinski definition) is 4. The molecular formula is C14H15ClN2OS2. The van der Waals surface area contributed by atoms with Gasteiger partial charge in [0.15, 0.2) is 5.17 Å². The molecule has 3 heterocycles. The summed E-state index contributed by atoms with van der Waals surface area (Å²) >= 11 is 8.86. The minimum atomic E-state index is -0.132. The van der Waals surface area contributed by atoms with Gasteiger partial charge < -0.3 is 4.90 Å². The third-order valence-electron chi connectivity index (χ3n) is 3.40. The Bertz CT molecular complexity index is 594. The number of thioether (sulfide) groups is 1. The van der Waals surface area contributed by atoms with Crippen LogP contribution < -0.4 is 0 Å². The number of carbonyl (C=O) groups is 1. The number of rotatable bonds is 1. The van der Waals surface area contributed by atoms with Gasteiger partial charge in [-0.05, 0) is 48.7 Å². The van der Waals surface area contributed by atoms with Gasteiger partial charge in [0.1, 0.15) is 0 Å². The number of amidine groups is 1. The van der Waals surface area contributed by atoms with E-state index in [0.717, 1.165) is 27.5 Å². The zero-order valence-corrected chi connectivity index (χ0v) is 13.5. The highest BCUT2D eigenvalue weighted by Gasteiger charge is 2.28. The maximum atomic E-state index is 12.0. The Hall–Kier alpha value is -0.780. The zero-order chi connectivity index (χ0) is 14.1. The molecule has 1 aromatic heterocycles. The first-order valence-electron chi connectivity index (χ1n) is 6.64. The topological polar surface area (TPSA) is 32.7 Å². The summed E-state index contributed by atoms with van der Waals surface area (Å²) in [5.41, 5.74) is 0. The lowest BCUT2D eigenvalue weighted by atomic mass is 10.0. The average molecular weight is 327 g/mol. The van der Waals surface area contributed by atoms with Crippen molar-refractivity contribution in [2.75, 3.05) is 13.1 Å². The lowest BCUT2D eigenvalue weighted by Crippen LogP contribution is -2.37. The van der Waals surface area contributed by atoms with E-state index in [1.807, 2.05) is 18.2 Å². The molecule has 1 saturated heterocycles. The predicted molar refractivity (Wildman–Crippen MR) is 87.3 cm³/mol. The molecule has 0 bridgehead atoms. The first-order chi connectivity index (χ1) is 9.61. The fraction of sp³-hybridized carbons (Fsp3) is 0.429. The number of carbonyl (C=O) groups excluding carboxylic acids is 1. The van der Waals surface area contributed by atoms with Crippen LogP contribution in [0.4, 0.5) is 0 Å². The minimum Gasteiger partial charge on any atom is -0.351 e. The number of piperidine rings is 1. The molecule has 1 aromatic rings. The van der Waals surface area contributed by atoms with Gasteiger partial charge in [-0.25, -0.2) is 0 Å². The summed E-state index contributed by atoms with van der Waals surface area (Å²) in [6.45, 7) is 4.25. The van der Waals surface area contributed by atoms with Crippen LogP contribution in [0.25, 0.3) is 6.08 Å². The summed E-state index contributed by atoms with van der Waals surface area (Å²) in [7, 11) is 0. The van der Waals surface area contributed by atoms with Gasteiger partial charge in [0.25, 0.3) is 5.91 Å². The second-order valence-corrected chi connectivity index (χ2v) is 7.90. The van der Waals surface area contributed by atoms with Crippen molar-refractivity contribution in [1.29, 1.82) is 0 Å². The largest absolute Gasteiger partial charge is 0.351 e. The molecule has 1 fully saturated rings. The van der Waals surface area contributed by atoms with E-state index in [1.54, 1.807) is 0 Å². The molecule has 106 valence electrons. The minimum absolute atomic E-state index is 0.132. The molecule has 2 aliphatic heterocycles. The van der Waals surface area contributed by atoms with Gasteiger partial charge in [-0.15, -0.1) is 11.3 Å². The van der Waals surface area contributed by atoms with Crippen LogP contribution in [-0.4, -0.2) is 29.1 Å². The number of halogens is 1. The van der Waals surface area contributed by atoms with Crippen molar-refractivity contribution >= 4 is 51.9 Å². The monoisotopic (exact) mass is 326 g/mol. The van der Waals surface area contributed by atoms with Gasteiger partial charge in [0, 0.05) is 18.0 Å². The summed E-state index contributed by atoms with van der Waals surface area (Å²) in [6.07, 6.45) is 4.32. The number of aliphatic imine (C=N–C) groups is 1. The Morgan fingerprint density at radius 1 is 1.50 bits per heavy atom. The smallest absolute Gasteiger partial charge is 0.286 e. The van der Waals surface area contributed by atoms with Crippen LogP contribution in [0.5, 0.6) is 0 Å². The lowest BCUT2D eigenvalue weighted by molar-refractivity contribution is -0.113. The molecule has 1 amide bonds. The highest BCUT2D eigenvalue weighted by molar-refractivity contribution is 8.18. The molecule has 3 rings (SSSR count). The van der Waals surface area contributed by atoms with Crippen LogP contribution in [0.3, 0.4) is 0 Å². The van der Waals surface area contributed by atoms with E-state index in [2.05, 4.69) is 16.8 Å². The summed E-state index contributed by atoms with van der Waals surface area (Å²) in [5.74, 6) is 0.541. The summed E-state index contributed by atoms with van der Waals surface area (Å²) < 4.78 is 0.735. The van der Waals surface area contributed by atoms with Crippen molar-refractivity contribution < 1.29 is 4.79 Å². The van der Waals surface area contributed by atoms with Gasteiger partial charge in [-0.1, -0.05) is 18.5 Å². The zero-order valence-electron chi connectivity index (χ0n) is 11.1. The molecule has 1 unspecified atom stereocenters. The van der Waals surface area contributed by atoms with Crippen molar-refractivity contribution in [1.82, 2.24) is 4.90 Å². The fourth-order valence-electron chi connectivity index (χ4n) is 2.43. The van der Waals surface area contributed by atoms with E-state index in [9.17, 15) is 4.79 Å². The van der Waals surface area contributed by atoms with Crippen LogP contribution in [0.2, 0.25) is 4.34 Å². The molecule has 2 aliphatic rings. The fourth-order valence-corrected chi connectivity index (χ4v) is 4.45. The summed E-state index contributed by atoms with van der Waals surface area (Å²) in [5, 5.41) is 0.857. The van der Waals surface area contributed by atoms with E-state index in [-0.39, 0.29) is 5.91 Å². The summed E-state index contributed by atoms with van der Waals surface area (Å²) in [4.78, 5) is 20.1. The van der Waals surface area contributed by atoms with Crippen LogP contribution in [0, 0.1) is 5.92 Å². The molecule has 1 atom stereocenters. The SMILES string of the molecule is CC1CCCN(C2=NC(=O)/C(=C\c3ccc(Cl)s3)S2)C1. The van der Waals surface area contributed by atoms with E-state index >= 15 is 0 Å². The van der Waals surface area contributed by atoms with Gasteiger partial charge in [0.2, 0.25) is 0 Å². The highest BCUT2D eigenvalue weighted by Crippen LogP contribution is 2.33. The van der Waals surface area contributed by atoms with Crippen LogP contribution >= 0.6 is 34.7 Å². The lowest BCUT2D eigenvalue weighted by Gasteiger charge is -2.31. The standard InChI is InChI=1S/C14H15ClN2OS2/c1-9-3-2-6-17(8-9)14-16-13(18)11(20-14)7-10-4-5-12(15)19-10/h4-5,7,9H,2-3,6,8H2,1H3/b11-7+. The van der Waals surface area contributed by atoms with Gasteiger partial charge in [0.05, 0.1) is 9.24 Å². The van der Waals surface area contributed by atoms with Crippen molar-refractivity contribution in [3.8, 4) is 0 Å². The molecule has 20 heavy (non-hydrogen) atoms. The molecule has 3 nitrogen and oxygen atoms in total. The second-order valence-electron chi connectivity index (χ2n) is 5.15. The second kappa shape index (κ2) is 5.92. The summed E-state index contributed by atoms with van der Waals surface area (Å²) in [6, 6.07) is 3.77. The van der Waals surface area contributed by atoms with Crippen molar-refractivity contribution in [3.63, 3.8) is 0 Å². The van der Waals surface area contributed by atoms with Crippen LogP contribution in [0.15, 0.2) is 22.0 Å². The third kappa shape index (κ3) is 3.10. The number of amides is 1. The number of likely N-dealkylation sites (tertiary alicyclic amines) is 1. The van der Waals surface area contributed by atoms with E-state index in [1.165, 1.54) is 35.9 Å². The maximum Gasteiger partial charge on any atom is 0.286 e. The van der Waals surface area contributed by atoms with Gasteiger partial charge >= 0.3 is 0 Å². The highest BCUT2D eigenvalue weighted by atomic mass is 35.5. The normalized spacial score (nSPS) is 25.4. The first kappa shape index (κ1) is 14.2. The molecule has 0 aliphatic carbocycles. The Morgan fingerprint density at radius 3 is 3.05 bits per heavy atom. The molecule has 0 N–H and O–H groups in total. The van der Waals surface area contributed by atoms with Crippen LogP contribution in [0.1, 0.15) is 24.6 Å². The average Bonchev–Trinajstić information content (AvgIpc) is 2.97. The van der Waals surface area contributed by atoms with Crippen LogP contribution in [-0.2, 0) is 4.79 Å². The maximum absolute atomic E-state index is 12.0. The van der Waals surface area contributed by atoms with E-state index in [0.29, 0.717) is 10.8 Å². The Kier molecular flexibility index (Phi) is 4.19. The number of thiophene rings is 1. The molecule has 0 saturated carbocycles. The first-order valence-corrected chi connectivity index (χ1v) is 8.66. The Balaban J connectivity index is 1.73. The predicted octanol–water partition coefficient (Wildman–Crippen LogP) is 4.10. The van der Waals surface area contributed by atoms with Crippen molar-refractivity contribution in [3.05, 3.63) is 26.3 Å². The molecular weight excluding hydrogens is 312 g/mol. The van der Waals surface area contributed by atoms with E-state index < -0.39 is 0 Å². The molecule has 6 heteroatoms. The van der Waals surface area contributed by atoms with Gasteiger partial charge in [-0.2, -0.15) is 4.99 Å². The van der Waals surface area contributed by atoms with Crippen molar-refractivity contribution in [2.45, 2.75) is 19.8 Å². The van der Waals surface area contributed by atoms with Crippen molar-refractivity contribution in [2.24, 2.45) is 10.9 Å².